The van der Waals surface area contributed by atoms with E-state index in [0.717, 1.165) is 68.2 Å². The van der Waals surface area contributed by atoms with Gasteiger partial charge < -0.3 is 15.5 Å². The Morgan fingerprint density at radius 2 is 1.87 bits per heavy atom. The molecule has 31 heavy (non-hydrogen) atoms. The average molecular weight is 443 g/mol. The van der Waals surface area contributed by atoms with Gasteiger partial charge >= 0.3 is 11.8 Å². The van der Waals surface area contributed by atoms with E-state index < -0.39 is 11.8 Å². The van der Waals surface area contributed by atoms with Gasteiger partial charge in [0.25, 0.3) is 0 Å². The summed E-state index contributed by atoms with van der Waals surface area (Å²) in [6.07, 6.45) is 5.62. The average Bonchev–Trinajstić information content (AvgIpc) is 3.42. The zero-order valence-corrected chi connectivity index (χ0v) is 18.6. The summed E-state index contributed by atoms with van der Waals surface area (Å²) in [7, 11) is 0. The number of piperidine rings is 1. The highest BCUT2D eigenvalue weighted by molar-refractivity contribution is 7.99. The number of carbonyl (C=O) groups is 3. The van der Waals surface area contributed by atoms with Gasteiger partial charge in [-0.3, -0.25) is 19.3 Å². The molecular weight excluding hydrogens is 412 g/mol. The smallest absolute Gasteiger partial charge is 0.313 e. The molecule has 4 aliphatic heterocycles. The van der Waals surface area contributed by atoms with Crippen molar-refractivity contribution in [2.75, 3.05) is 47.9 Å². The van der Waals surface area contributed by atoms with Gasteiger partial charge in [0.05, 0.1) is 12.1 Å². The molecule has 3 amide bonds. The number of hydrogen-bond donors (Lipinski definition) is 2. The molecule has 0 saturated carbocycles. The van der Waals surface area contributed by atoms with Crippen LogP contribution in [-0.2, 0) is 27.2 Å². The Hall–Kier alpha value is -2.06. The highest BCUT2D eigenvalue weighted by atomic mass is 32.2. The third-order valence-electron chi connectivity index (χ3n) is 7.09. The van der Waals surface area contributed by atoms with Crippen LogP contribution in [0.2, 0.25) is 0 Å². The largest absolute Gasteiger partial charge is 0.348 e. The first-order chi connectivity index (χ1) is 15.1. The van der Waals surface area contributed by atoms with Crippen LogP contribution < -0.4 is 15.5 Å². The van der Waals surface area contributed by atoms with Crippen LogP contribution in [0.4, 0.5) is 11.4 Å². The topological polar surface area (TPSA) is 81.8 Å². The van der Waals surface area contributed by atoms with E-state index in [9.17, 15) is 14.4 Å². The third kappa shape index (κ3) is 4.32. The van der Waals surface area contributed by atoms with E-state index in [4.69, 9.17) is 0 Å². The molecule has 8 heteroatoms. The van der Waals surface area contributed by atoms with E-state index >= 15 is 0 Å². The van der Waals surface area contributed by atoms with Gasteiger partial charge in [-0.15, -0.1) is 0 Å². The Morgan fingerprint density at radius 3 is 2.65 bits per heavy atom. The van der Waals surface area contributed by atoms with Gasteiger partial charge in [-0.1, -0.05) is 0 Å². The molecule has 0 spiro atoms. The number of thioether (sulfide) groups is 1. The minimum Gasteiger partial charge on any atom is -0.348 e. The van der Waals surface area contributed by atoms with E-state index in [2.05, 4.69) is 15.5 Å². The van der Waals surface area contributed by atoms with Crippen molar-refractivity contribution in [1.82, 2.24) is 10.2 Å². The fourth-order valence-corrected chi connectivity index (χ4v) is 6.64. The molecule has 1 unspecified atom stereocenters. The lowest BCUT2D eigenvalue weighted by atomic mass is 9.95. The summed E-state index contributed by atoms with van der Waals surface area (Å²) in [4.78, 5) is 41.4. The molecule has 7 nitrogen and oxygen atoms in total. The van der Waals surface area contributed by atoms with Crippen molar-refractivity contribution in [3.8, 4) is 0 Å². The van der Waals surface area contributed by atoms with Gasteiger partial charge in [-0.25, -0.2) is 0 Å². The van der Waals surface area contributed by atoms with Crippen molar-refractivity contribution >= 4 is 40.9 Å². The van der Waals surface area contributed by atoms with E-state index in [1.54, 1.807) is 0 Å². The third-order valence-corrected chi connectivity index (χ3v) is 8.24. The number of nitrogens with one attached hydrogen (secondary N) is 2. The minimum atomic E-state index is -0.635. The lowest BCUT2D eigenvalue weighted by Gasteiger charge is -2.35. The summed E-state index contributed by atoms with van der Waals surface area (Å²) in [5.41, 5.74) is 3.65. The van der Waals surface area contributed by atoms with E-state index in [0.29, 0.717) is 24.6 Å². The Kier molecular flexibility index (Phi) is 5.93. The molecule has 2 N–H and O–H groups in total. The number of rotatable bonds is 4. The Labute approximate surface area is 187 Å². The van der Waals surface area contributed by atoms with Gasteiger partial charge in [0.2, 0.25) is 5.91 Å². The van der Waals surface area contributed by atoms with Crippen molar-refractivity contribution in [2.24, 2.45) is 5.92 Å². The summed E-state index contributed by atoms with van der Waals surface area (Å²) in [6, 6.07) is 4.47. The second-order valence-corrected chi connectivity index (χ2v) is 10.3. The molecule has 1 aromatic rings. The quantitative estimate of drug-likeness (QED) is 0.695. The molecule has 4 aliphatic rings. The van der Waals surface area contributed by atoms with E-state index in [-0.39, 0.29) is 5.91 Å². The monoisotopic (exact) mass is 442 g/mol. The van der Waals surface area contributed by atoms with E-state index in [1.165, 1.54) is 17.9 Å². The maximum Gasteiger partial charge on any atom is 0.313 e. The highest BCUT2D eigenvalue weighted by Crippen LogP contribution is 2.38. The molecule has 0 radical (unpaired) electrons. The predicted octanol–water partition coefficient (Wildman–Crippen LogP) is 1.79. The Balaban J connectivity index is 1.12. The maximum absolute atomic E-state index is 12.4. The van der Waals surface area contributed by atoms with Crippen LogP contribution in [0.3, 0.4) is 0 Å². The summed E-state index contributed by atoms with van der Waals surface area (Å²) in [5, 5.41) is 5.57. The maximum atomic E-state index is 12.4. The van der Waals surface area contributed by atoms with Gasteiger partial charge in [0.15, 0.2) is 0 Å². The Morgan fingerprint density at radius 1 is 1.06 bits per heavy atom. The Bertz CT molecular complexity index is 891. The lowest BCUT2D eigenvalue weighted by molar-refractivity contribution is -0.136. The van der Waals surface area contributed by atoms with Crippen molar-refractivity contribution in [3.63, 3.8) is 0 Å². The number of aryl methyl sites for hydroxylation is 1. The van der Waals surface area contributed by atoms with Gasteiger partial charge in [0, 0.05) is 30.6 Å². The van der Waals surface area contributed by atoms with Crippen LogP contribution in [0.15, 0.2) is 12.1 Å². The first-order valence-electron chi connectivity index (χ1n) is 11.5. The summed E-state index contributed by atoms with van der Waals surface area (Å²) >= 11 is 2.04. The first-order valence-corrected chi connectivity index (χ1v) is 12.6. The fourth-order valence-electron chi connectivity index (χ4n) is 5.39. The molecule has 0 aromatic heterocycles. The standard InChI is InChI=1S/C23H30N4O3S/c28-20-12-17-11-18(10-16-2-1-6-27(20)21(16)17)25-23(30)22(29)24-13-15-3-7-26(8-4-15)19-5-9-31-14-19/h10-11,15,19H,1-9,12-14H2,(H,24,29)(H,25,30). The van der Waals surface area contributed by atoms with E-state index in [1.807, 2.05) is 28.8 Å². The molecule has 4 heterocycles. The van der Waals surface area contributed by atoms with Crippen LogP contribution >= 0.6 is 11.8 Å². The van der Waals surface area contributed by atoms with Gasteiger partial charge in [-0.2, -0.15) is 11.8 Å². The summed E-state index contributed by atoms with van der Waals surface area (Å²) < 4.78 is 0. The number of hydrogen-bond acceptors (Lipinski definition) is 5. The first kappa shape index (κ1) is 20.8. The van der Waals surface area contributed by atoms with Gasteiger partial charge in [-0.05, 0) is 80.1 Å². The van der Waals surface area contributed by atoms with Crippen LogP contribution in [0.5, 0.6) is 0 Å². The van der Waals surface area contributed by atoms with Crippen molar-refractivity contribution in [3.05, 3.63) is 23.3 Å². The van der Waals surface area contributed by atoms with Crippen LogP contribution in [-0.4, -0.2) is 66.3 Å². The number of nitrogens with zero attached hydrogens (tertiary/aromatic N) is 2. The molecule has 0 aliphatic carbocycles. The molecule has 1 aromatic carbocycles. The SMILES string of the molecule is O=C(NCC1CCN(C2CCSC2)CC1)C(=O)Nc1cc2c3c(c1)CC(=O)N3CCC2. The minimum absolute atomic E-state index is 0.120. The normalized spacial score (nSPS) is 23.7. The second-order valence-electron chi connectivity index (χ2n) is 9.13. The van der Waals surface area contributed by atoms with Crippen molar-refractivity contribution in [1.29, 1.82) is 0 Å². The zero-order chi connectivity index (χ0) is 21.4. The highest BCUT2D eigenvalue weighted by Gasteiger charge is 2.33. The van der Waals surface area contributed by atoms with Crippen LogP contribution in [0.1, 0.15) is 36.8 Å². The number of benzene rings is 1. The number of carbonyl (C=O) groups excluding carboxylic acids is 3. The van der Waals surface area contributed by atoms with Crippen LogP contribution in [0.25, 0.3) is 0 Å². The molecular formula is C23H30N4O3S. The van der Waals surface area contributed by atoms with Crippen LogP contribution in [0, 0.1) is 5.92 Å². The summed E-state index contributed by atoms with van der Waals surface area (Å²) in [6.45, 7) is 3.50. The molecule has 2 fully saturated rings. The second kappa shape index (κ2) is 8.82. The molecule has 5 rings (SSSR count). The molecule has 1 atom stereocenters. The molecule has 0 bridgehead atoms. The number of likely N-dealkylation sites (tertiary alicyclic amines) is 1. The predicted molar refractivity (Wildman–Crippen MR) is 122 cm³/mol. The lowest BCUT2D eigenvalue weighted by Crippen LogP contribution is -2.45. The summed E-state index contributed by atoms with van der Waals surface area (Å²) in [5.74, 6) is 1.86. The fraction of sp³-hybridized carbons (Fsp3) is 0.609. The van der Waals surface area contributed by atoms with Crippen molar-refractivity contribution < 1.29 is 14.4 Å². The molecule has 166 valence electrons. The molecule has 2 saturated heterocycles. The number of anilines is 2. The zero-order valence-electron chi connectivity index (χ0n) is 17.8. The van der Waals surface area contributed by atoms with Gasteiger partial charge in [0.1, 0.15) is 0 Å². The van der Waals surface area contributed by atoms with Crippen molar-refractivity contribution in [2.45, 2.75) is 44.6 Å². The number of amides is 3.